The summed E-state index contributed by atoms with van der Waals surface area (Å²) < 4.78 is 6.67. The van der Waals surface area contributed by atoms with Crippen LogP contribution in [-0.4, -0.2) is 41.1 Å². The van der Waals surface area contributed by atoms with E-state index in [2.05, 4.69) is 0 Å². The molecule has 3 rings (SSSR count). The molecule has 1 heterocycles. The third-order valence-electron chi connectivity index (χ3n) is 5.29. The maximum Gasteiger partial charge on any atom is 0.325 e. The molecule has 0 unspecified atom stereocenters. The molecule has 0 fully saturated rings. The highest BCUT2D eigenvalue weighted by atomic mass is 35.5. The van der Waals surface area contributed by atoms with Gasteiger partial charge < -0.3 is 14.2 Å². The lowest BCUT2D eigenvalue weighted by Crippen LogP contribution is -2.34. The van der Waals surface area contributed by atoms with Crippen LogP contribution in [0.15, 0.2) is 48.5 Å². The predicted octanol–water partition coefficient (Wildman–Crippen LogP) is 3.73. The molecular weight excluding hydrogens is 432 g/mol. The lowest BCUT2D eigenvalue weighted by atomic mass is 10.0. The molecule has 166 valence electrons. The number of halogens is 1. The van der Waals surface area contributed by atoms with E-state index in [1.54, 1.807) is 12.1 Å². The number of hydrogen-bond acceptors (Lipinski definition) is 5. The number of nitrogens with zero attached hydrogens (tertiary/aromatic N) is 2. The molecule has 0 aliphatic rings. The van der Waals surface area contributed by atoms with E-state index >= 15 is 0 Å². The summed E-state index contributed by atoms with van der Waals surface area (Å²) in [6.07, 6.45) is 0.448. The molecule has 1 aromatic heterocycles. The molecule has 0 N–H and O–H groups in total. The van der Waals surface area contributed by atoms with Crippen molar-refractivity contribution in [1.82, 2.24) is 4.57 Å². The second-order valence-corrected chi connectivity index (χ2v) is 7.55. The molecule has 0 aliphatic heterocycles. The number of amides is 1. The molecule has 0 radical (unpaired) electrons. The van der Waals surface area contributed by atoms with Gasteiger partial charge in [0.1, 0.15) is 6.54 Å². The average Bonchev–Trinajstić information content (AvgIpc) is 3.10. The second-order valence-electron chi connectivity index (χ2n) is 7.20. The van der Waals surface area contributed by atoms with Crippen LogP contribution in [-0.2, 0) is 32.1 Å². The van der Waals surface area contributed by atoms with Gasteiger partial charge in [-0.15, -0.1) is 0 Å². The number of carbonyl (C=O) groups excluding carboxylic acids is 4. The molecule has 0 spiro atoms. The van der Waals surface area contributed by atoms with Gasteiger partial charge in [-0.2, -0.15) is 0 Å². The molecule has 0 atom stereocenters. The highest BCUT2D eigenvalue weighted by Gasteiger charge is 2.29. The Hall–Kier alpha value is -3.45. The van der Waals surface area contributed by atoms with Crippen LogP contribution in [0.2, 0.25) is 0 Å². The van der Waals surface area contributed by atoms with Crippen molar-refractivity contribution in [3.8, 4) is 0 Å². The fourth-order valence-electron chi connectivity index (χ4n) is 3.88. The third kappa shape index (κ3) is 4.43. The van der Waals surface area contributed by atoms with Crippen molar-refractivity contribution < 1.29 is 23.9 Å². The SMILES string of the molecule is CCc1c(C(=O)C(=O)Cl)c2c(N(CC(=O)OC)C(C)=O)cccc2n1Cc1ccccc1. The van der Waals surface area contributed by atoms with E-state index in [1.165, 1.54) is 18.9 Å². The third-order valence-corrected chi connectivity index (χ3v) is 5.46. The zero-order chi connectivity index (χ0) is 23.4. The quantitative estimate of drug-likeness (QED) is 0.224. The van der Waals surface area contributed by atoms with Gasteiger partial charge in [-0.05, 0) is 35.7 Å². The van der Waals surface area contributed by atoms with Crippen molar-refractivity contribution >= 4 is 51.1 Å². The molecule has 0 bridgehead atoms. The van der Waals surface area contributed by atoms with Crippen LogP contribution in [0.25, 0.3) is 10.9 Å². The van der Waals surface area contributed by atoms with E-state index < -0.39 is 22.9 Å². The number of Topliss-reactive ketones (excluding diaryl/α,β-unsaturated/α-hetero) is 1. The summed E-state index contributed by atoms with van der Waals surface area (Å²) >= 11 is 5.61. The largest absolute Gasteiger partial charge is 0.468 e. The normalized spacial score (nSPS) is 10.8. The standard InChI is InChI=1S/C24H23ClN2O5/c1-4-17-22(23(30)24(25)31)21-18(26(15(2)28)14-20(29)32-3)11-8-12-19(21)27(17)13-16-9-6-5-7-10-16/h5-12H,4,13-14H2,1-3H3. The molecule has 0 saturated heterocycles. The Labute approximate surface area is 190 Å². The minimum atomic E-state index is -1.12. The maximum absolute atomic E-state index is 12.9. The number of methoxy groups -OCH3 is 1. The van der Waals surface area contributed by atoms with Crippen LogP contribution < -0.4 is 4.90 Å². The van der Waals surface area contributed by atoms with Gasteiger partial charge in [0.2, 0.25) is 11.7 Å². The topological polar surface area (TPSA) is 85.7 Å². The predicted molar refractivity (Wildman–Crippen MR) is 122 cm³/mol. The summed E-state index contributed by atoms with van der Waals surface area (Å²) in [6.45, 7) is 3.31. The Bertz CT molecular complexity index is 1200. The minimum absolute atomic E-state index is 0.144. The van der Waals surface area contributed by atoms with Gasteiger partial charge >= 0.3 is 5.97 Å². The van der Waals surface area contributed by atoms with Crippen molar-refractivity contribution in [2.75, 3.05) is 18.6 Å². The monoisotopic (exact) mass is 454 g/mol. The molecule has 0 saturated carbocycles. The number of benzene rings is 2. The van der Waals surface area contributed by atoms with Crippen molar-refractivity contribution in [1.29, 1.82) is 0 Å². The first-order valence-electron chi connectivity index (χ1n) is 10.1. The number of ketones is 1. The van der Waals surface area contributed by atoms with Crippen molar-refractivity contribution in [2.45, 2.75) is 26.8 Å². The van der Waals surface area contributed by atoms with Gasteiger partial charge in [0.05, 0.1) is 23.9 Å². The molecular formula is C24H23ClN2O5. The molecule has 0 aliphatic carbocycles. The first kappa shape index (κ1) is 23.2. The van der Waals surface area contributed by atoms with E-state index in [0.717, 1.165) is 5.56 Å². The second kappa shape index (κ2) is 9.78. The van der Waals surface area contributed by atoms with Crippen molar-refractivity contribution in [3.05, 3.63) is 65.4 Å². The highest BCUT2D eigenvalue weighted by molar-refractivity contribution is 6.83. The zero-order valence-corrected chi connectivity index (χ0v) is 18.8. The van der Waals surface area contributed by atoms with Gasteiger partial charge in [0, 0.05) is 24.5 Å². The van der Waals surface area contributed by atoms with E-state index in [-0.39, 0.29) is 12.1 Å². The van der Waals surface area contributed by atoms with Gasteiger partial charge in [0.15, 0.2) is 0 Å². The maximum atomic E-state index is 12.9. The van der Waals surface area contributed by atoms with Gasteiger partial charge in [-0.3, -0.25) is 19.2 Å². The molecule has 3 aromatic rings. The molecule has 32 heavy (non-hydrogen) atoms. The van der Waals surface area contributed by atoms with Crippen LogP contribution in [0.4, 0.5) is 5.69 Å². The van der Waals surface area contributed by atoms with Crippen LogP contribution >= 0.6 is 11.6 Å². The number of esters is 1. The van der Waals surface area contributed by atoms with Gasteiger partial charge in [0.25, 0.3) is 5.24 Å². The smallest absolute Gasteiger partial charge is 0.325 e. The number of aromatic nitrogens is 1. The van der Waals surface area contributed by atoms with E-state index in [9.17, 15) is 19.2 Å². The lowest BCUT2D eigenvalue weighted by Gasteiger charge is -2.21. The summed E-state index contributed by atoms with van der Waals surface area (Å²) in [5, 5.41) is -0.714. The Morgan fingerprint density at radius 1 is 1.03 bits per heavy atom. The van der Waals surface area contributed by atoms with Crippen LogP contribution in [0.1, 0.15) is 35.5 Å². The first-order chi connectivity index (χ1) is 15.3. The average molecular weight is 455 g/mol. The lowest BCUT2D eigenvalue weighted by molar-refractivity contribution is -0.139. The van der Waals surface area contributed by atoms with Gasteiger partial charge in [-0.1, -0.05) is 43.3 Å². The van der Waals surface area contributed by atoms with Gasteiger partial charge in [-0.25, -0.2) is 0 Å². The summed E-state index contributed by atoms with van der Waals surface area (Å²) in [5.41, 5.74) is 2.75. The summed E-state index contributed by atoms with van der Waals surface area (Å²) in [7, 11) is 1.23. The van der Waals surface area contributed by atoms with Crippen molar-refractivity contribution in [3.63, 3.8) is 0 Å². The molecule has 7 nitrogen and oxygen atoms in total. The number of hydrogen-bond donors (Lipinski definition) is 0. The summed E-state index contributed by atoms with van der Waals surface area (Å²) in [5.74, 6) is -1.88. The number of carbonyl (C=O) groups is 4. The Morgan fingerprint density at radius 2 is 1.72 bits per heavy atom. The van der Waals surface area contributed by atoms with Crippen molar-refractivity contribution in [2.24, 2.45) is 0 Å². The number of anilines is 1. The Morgan fingerprint density at radius 3 is 2.28 bits per heavy atom. The van der Waals surface area contributed by atoms with E-state index in [0.29, 0.717) is 35.2 Å². The number of fused-ring (bicyclic) bond motifs is 1. The zero-order valence-electron chi connectivity index (χ0n) is 18.1. The van der Waals surface area contributed by atoms with Crippen LogP contribution in [0, 0.1) is 0 Å². The van der Waals surface area contributed by atoms with Crippen LogP contribution in [0.5, 0.6) is 0 Å². The number of rotatable bonds is 8. The molecule has 8 heteroatoms. The van der Waals surface area contributed by atoms with E-state index in [4.69, 9.17) is 16.3 Å². The molecule has 2 aromatic carbocycles. The fourth-order valence-corrected chi connectivity index (χ4v) is 3.97. The number of ether oxygens (including phenoxy) is 1. The summed E-state index contributed by atoms with van der Waals surface area (Å²) in [4.78, 5) is 50.5. The van der Waals surface area contributed by atoms with Crippen LogP contribution in [0.3, 0.4) is 0 Å². The summed E-state index contributed by atoms with van der Waals surface area (Å²) in [6, 6.07) is 14.9. The minimum Gasteiger partial charge on any atom is -0.468 e. The highest BCUT2D eigenvalue weighted by Crippen LogP contribution is 2.36. The fraction of sp³-hybridized carbons (Fsp3) is 0.250. The molecule has 1 amide bonds. The Kier molecular flexibility index (Phi) is 7.10. The first-order valence-corrected chi connectivity index (χ1v) is 10.4. The Balaban J connectivity index is 2.36. The van der Waals surface area contributed by atoms with E-state index in [1.807, 2.05) is 47.9 Å².